The molecule has 0 radical (unpaired) electrons. The van der Waals surface area contributed by atoms with Crippen molar-refractivity contribution in [2.75, 3.05) is 5.32 Å². The summed E-state index contributed by atoms with van der Waals surface area (Å²) in [4.78, 5) is 20.0. The lowest BCUT2D eigenvalue weighted by Crippen LogP contribution is -2.17. The molecule has 0 bridgehead atoms. The summed E-state index contributed by atoms with van der Waals surface area (Å²) in [5, 5.41) is 3.41. The molecule has 0 aliphatic rings. The van der Waals surface area contributed by atoms with E-state index in [2.05, 4.69) is 15.3 Å². The summed E-state index contributed by atoms with van der Waals surface area (Å²) in [6.07, 6.45) is 3.19. The molecular formula is C14H14ClN3O. The number of benzene rings is 1. The van der Waals surface area contributed by atoms with Crippen LogP contribution in [0, 0.1) is 5.92 Å². The van der Waals surface area contributed by atoms with Crippen LogP contribution in [0.25, 0.3) is 11.4 Å². The van der Waals surface area contributed by atoms with Crippen molar-refractivity contribution < 1.29 is 4.79 Å². The maximum atomic E-state index is 11.5. The Balaban J connectivity index is 2.14. The third kappa shape index (κ3) is 3.51. The fourth-order valence-corrected chi connectivity index (χ4v) is 1.55. The Morgan fingerprint density at radius 2 is 1.74 bits per heavy atom. The van der Waals surface area contributed by atoms with Crippen LogP contribution in [0.15, 0.2) is 36.7 Å². The summed E-state index contributed by atoms with van der Waals surface area (Å²) in [5.74, 6) is 0.470. The number of carbonyl (C=O) groups is 1. The van der Waals surface area contributed by atoms with E-state index in [0.717, 1.165) is 5.56 Å². The van der Waals surface area contributed by atoms with Crippen LogP contribution in [0.2, 0.25) is 5.02 Å². The number of carbonyl (C=O) groups excluding carboxylic acids is 1. The van der Waals surface area contributed by atoms with Gasteiger partial charge in [0.25, 0.3) is 0 Å². The molecule has 1 aromatic carbocycles. The number of halogens is 1. The minimum Gasteiger partial charge on any atom is -0.323 e. The van der Waals surface area contributed by atoms with E-state index in [1.165, 1.54) is 0 Å². The van der Waals surface area contributed by atoms with E-state index < -0.39 is 0 Å². The smallest absolute Gasteiger partial charge is 0.227 e. The van der Waals surface area contributed by atoms with Gasteiger partial charge in [0.05, 0.1) is 18.1 Å². The highest BCUT2D eigenvalue weighted by Crippen LogP contribution is 2.18. The van der Waals surface area contributed by atoms with Crippen LogP contribution < -0.4 is 5.32 Å². The average molecular weight is 276 g/mol. The van der Waals surface area contributed by atoms with Gasteiger partial charge in [0.2, 0.25) is 5.91 Å². The molecule has 0 aliphatic heterocycles. The zero-order valence-electron chi connectivity index (χ0n) is 10.7. The third-order valence-corrected chi connectivity index (χ3v) is 2.80. The van der Waals surface area contributed by atoms with Gasteiger partial charge in [0, 0.05) is 16.5 Å². The standard InChI is InChI=1S/C14H14ClN3O/c1-9(2)14(19)18-12-7-16-13(17-8-12)10-3-5-11(15)6-4-10/h3-9H,1-2H3,(H,18,19). The first-order valence-electron chi connectivity index (χ1n) is 5.95. The Hall–Kier alpha value is -1.94. The molecule has 2 aromatic rings. The van der Waals surface area contributed by atoms with Crippen LogP contribution in [0.5, 0.6) is 0 Å². The summed E-state index contributed by atoms with van der Waals surface area (Å²) in [7, 11) is 0. The van der Waals surface area contributed by atoms with Gasteiger partial charge in [-0.2, -0.15) is 0 Å². The molecule has 2 rings (SSSR count). The molecule has 4 nitrogen and oxygen atoms in total. The van der Waals surface area contributed by atoms with Crippen molar-refractivity contribution in [1.29, 1.82) is 0 Å². The van der Waals surface area contributed by atoms with Gasteiger partial charge in [-0.15, -0.1) is 0 Å². The SMILES string of the molecule is CC(C)C(=O)Nc1cnc(-c2ccc(Cl)cc2)nc1. The Kier molecular flexibility index (Phi) is 4.12. The topological polar surface area (TPSA) is 54.9 Å². The number of rotatable bonds is 3. The number of nitrogens with zero attached hydrogens (tertiary/aromatic N) is 2. The maximum Gasteiger partial charge on any atom is 0.227 e. The first-order valence-corrected chi connectivity index (χ1v) is 6.33. The zero-order chi connectivity index (χ0) is 13.8. The van der Waals surface area contributed by atoms with Crippen LogP contribution in [0.4, 0.5) is 5.69 Å². The van der Waals surface area contributed by atoms with E-state index in [-0.39, 0.29) is 11.8 Å². The first-order chi connectivity index (χ1) is 9.06. The van der Waals surface area contributed by atoms with Gasteiger partial charge < -0.3 is 5.32 Å². The first kappa shape index (κ1) is 13.5. The van der Waals surface area contributed by atoms with Crippen LogP contribution in [0.3, 0.4) is 0 Å². The van der Waals surface area contributed by atoms with Crippen LogP contribution in [-0.2, 0) is 4.79 Å². The summed E-state index contributed by atoms with van der Waals surface area (Å²) in [6.45, 7) is 3.66. The molecule has 98 valence electrons. The van der Waals surface area contributed by atoms with Gasteiger partial charge in [0.15, 0.2) is 5.82 Å². The Morgan fingerprint density at radius 1 is 1.16 bits per heavy atom. The molecular weight excluding hydrogens is 262 g/mol. The minimum absolute atomic E-state index is 0.0529. The fraction of sp³-hybridized carbons (Fsp3) is 0.214. The van der Waals surface area contributed by atoms with Crippen LogP contribution in [-0.4, -0.2) is 15.9 Å². The number of hydrogen-bond donors (Lipinski definition) is 1. The molecule has 19 heavy (non-hydrogen) atoms. The molecule has 0 atom stereocenters. The van der Waals surface area contributed by atoms with Crippen molar-refractivity contribution in [1.82, 2.24) is 9.97 Å². The summed E-state index contributed by atoms with van der Waals surface area (Å²) in [5.41, 5.74) is 1.47. The van der Waals surface area contributed by atoms with E-state index in [1.807, 2.05) is 26.0 Å². The van der Waals surface area contributed by atoms with E-state index in [0.29, 0.717) is 16.5 Å². The molecule has 0 saturated carbocycles. The maximum absolute atomic E-state index is 11.5. The highest BCUT2D eigenvalue weighted by Gasteiger charge is 2.08. The number of aromatic nitrogens is 2. The zero-order valence-corrected chi connectivity index (χ0v) is 11.5. The highest BCUT2D eigenvalue weighted by atomic mass is 35.5. The van der Waals surface area contributed by atoms with Crippen molar-refractivity contribution in [3.05, 3.63) is 41.7 Å². The van der Waals surface area contributed by atoms with Crippen molar-refractivity contribution in [2.45, 2.75) is 13.8 Å². The Bertz CT molecular complexity index is 564. The van der Waals surface area contributed by atoms with Crippen molar-refractivity contribution in [3.63, 3.8) is 0 Å². The van der Waals surface area contributed by atoms with Crippen LogP contribution in [0.1, 0.15) is 13.8 Å². The number of amides is 1. The van der Waals surface area contributed by atoms with Crippen molar-refractivity contribution in [2.24, 2.45) is 5.92 Å². The van der Waals surface area contributed by atoms with Crippen molar-refractivity contribution in [3.8, 4) is 11.4 Å². The minimum atomic E-state index is -0.0732. The van der Waals surface area contributed by atoms with Gasteiger partial charge in [-0.1, -0.05) is 25.4 Å². The number of hydrogen-bond acceptors (Lipinski definition) is 3. The van der Waals surface area contributed by atoms with E-state index in [4.69, 9.17) is 11.6 Å². The van der Waals surface area contributed by atoms with E-state index in [9.17, 15) is 4.79 Å². The molecule has 1 amide bonds. The predicted molar refractivity (Wildman–Crippen MR) is 75.9 cm³/mol. The molecule has 5 heteroatoms. The molecule has 0 spiro atoms. The fourth-order valence-electron chi connectivity index (χ4n) is 1.43. The molecule has 0 unspecified atom stereocenters. The lowest BCUT2D eigenvalue weighted by molar-refractivity contribution is -0.118. The number of nitrogens with one attached hydrogen (secondary N) is 1. The van der Waals surface area contributed by atoms with Crippen LogP contribution >= 0.6 is 11.6 Å². The monoisotopic (exact) mass is 275 g/mol. The second-order valence-corrected chi connectivity index (χ2v) is 4.88. The largest absolute Gasteiger partial charge is 0.323 e. The molecule has 0 aliphatic carbocycles. The van der Waals surface area contributed by atoms with Gasteiger partial charge in [-0.3, -0.25) is 4.79 Å². The molecule has 0 saturated heterocycles. The Labute approximate surface area is 116 Å². The summed E-state index contributed by atoms with van der Waals surface area (Å²) >= 11 is 5.82. The molecule has 1 N–H and O–H groups in total. The normalized spacial score (nSPS) is 10.5. The Morgan fingerprint density at radius 3 is 2.26 bits per heavy atom. The summed E-state index contributed by atoms with van der Waals surface area (Å²) < 4.78 is 0. The summed E-state index contributed by atoms with van der Waals surface area (Å²) in [6, 6.07) is 7.28. The van der Waals surface area contributed by atoms with Gasteiger partial charge in [-0.05, 0) is 24.3 Å². The third-order valence-electron chi connectivity index (χ3n) is 2.55. The second kappa shape index (κ2) is 5.80. The second-order valence-electron chi connectivity index (χ2n) is 4.45. The van der Waals surface area contributed by atoms with Crippen molar-refractivity contribution >= 4 is 23.2 Å². The average Bonchev–Trinajstić information content (AvgIpc) is 2.40. The lowest BCUT2D eigenvalue weighted by atomic mass is 10.2. The highest BCUT2D eigenvalue weighted by molar-refractivity contribution is 6.30. The predicted octanol–water partition coefficient (Wildman–Crippen LogP) is 3.39. The van der Waals surface area contributed by atoms with Gasteiger partial charge in [-0.25, -0.2) is 9.97 Å². The van der Waals surface area contributed by atoms with Gasteiger partial charge in [0.1, 0.15) is 0 Å². The van der Waals surface area contributed by atoms with E-state index in [1.54, 1.807) is 24.5 Å². The number of anilines is 1. The molecule has 0 fully saturated rings. The lowest BCUT2D eigenvalue weighted by Gasteiger charge is -2.07. The van der Waals surface area contributed by atoms with E-state index >= 15 is 0 Å². The van der Waals surface area contributed by atoms with Gasteiger partial charge >= 0.3 is 0 Å². The molecule has 1 aromatic heterocycles. The molecule has 1 heterocycles. The quantitative estimate of drug-likeness (QED) is 0.934.